The molecule has 2 heterocycles. The highest BCUT2D eigenvalue weighted by Gasteiger charge is 2.33. The number of piperidine rings is 1. The van der Waals surface area contributed by atoms with Crippen molar-refractivity contribution in [3.05, 3.63) is 28.9 Å². The average molecular weight is 407 g/mol. The number of benzene rings is 1. The van der Waals surface area contributed by atoms with Crippen LogP contribution in [0, 0.1) is 0 Å². The van der Waals surface area contributed by atoms with Gasteiger partial charge in [0.1, 0.15) is 6.10 Å². The fraction of sp³-hybridized carbons (Fsp3) is 0.400. The first-order valence-electron chi connectivity index (χ1n) is 7.84. The number of alkyl halides is 3. The summed E-state index contributed by atoms with van der Waals surface area (Å²) in [5.74, 6) is -1.71. The highest BCUT2D eigenvalue weighted by molar-refractivity contribution is 6.30. The third-order valence-corrected chi connectivity index (χ3v) is 4.17. The summed E-state index contributed by atoms with van der Waals surface area (Å²) in [6, 6.07) is 3.90. The number of carboxylic acids is 1. The summed E-state index contributed by atoms with van der Waals surface area (Å²) in [7, 11) is 0. The Balaban J connectivity index is 1.68. The molecule has 1 aliphatic heterocycles. The fourth-order valence-electron chi connectivity index (χ4n) is 2.76. The Morgan fingerprint density at radius 2 is 2.04 bits per heavy atom. The van der Waals surface area contributed by atoms with E-state index in [0.717, 1.165) is 0 Å². The predicted molar refractivity (Wildman–Crippen MR) is 87.3 cm³/mol. The van der Waals surface area contributed by atoms with E-state index in [9.17, 15) is 18.0 Å². The number of hydrogen-bond acceptors (Lipinski definition) is 6. The predicted octanol–water partition coefficient (Wildman–Crippen LogP) is 3.10. The lowest BCUT2D eigenvalue weighted by atomic mass is 10.1. The number of nitrogens with one attached hydrogen (secondary N) is 1. The molecule has 12 heteroatoms. The maximum absolute atomic E-state index is 12.6. The van der Waals surface area contributed by atoms with Crippen LogP contribution >= 0.6 is 11.6 Å². The largest absolute Gasteiger partial charge is 0.573 e. The molecule has 2 N–H and O–H groups in total. The number of hydrogen-bond donors (Lipinski definition) is 2. The third kappa shape index (κ3) is 4.73. The minimum atomic E-state index is -4.82. The Morgan fingerprint density at radius 1 is 1.33 bits per heavy atom. The first-order valence-corrected chi connectivity index (χ1v) is 8.22. The van der Waals surface area contributed by atoms with E-state index in [4.69, 9.17) is 21.4 Å². The number of carboxylic acid groups (broad SMARTS) is 1. The number of halogens is 4. The molecule has 0 amide bonds. The SMILES string of the molecule is O=C(O)c1[nH]nnc1OC1CCN(c2cc(Cl)ccc2OC(F)(F)F)CC1. The van der Waals surface area contributed by atoms with Gasteiger partial charge in [0.2, 0.25) is 5.69 Å². The maximum Gasteiger partial charge on any atom is 0.573 e. The van der Waals surface area contributed by atoms with Gasteiger partial charge in [-0.1, -0.05) is 21.9 Å². The molecule has 0 spiro atoms. The number of ether oxygens (including phenoxy) is 2. The van der Waals surface area contributed by atoms with Crippen LogP contribution in [0.1, 0.15) is 23.3 Å². The molecule has 146 valence electrons. The molecule has 1 aromatic heterocycles. The van der Waals surface area contributed by atoms with Gasteiger partial charge in [-0.05, 0) is 18.2 Å². The molecule has 3 rings (SSSR count). The second-order valence-electron chi connectivity index (χ2n) is 5.76. The molecule has 2 aromatic rings. The minimum absolute atomic E-state index is 0.121. The number of aromatic carboxylic acids is 1. The molecule has 1 aliphatic rings. The maximum atomic E-state index is 12.6. The fourth-order valence-corrected chi connectivity index (χ4v) is 2.93. The average Bonchev–Trinajstić information content (AvgIpc) is 3.04. The van der Waals surface area contributed by atoms with E-state index in [1.807, 2.05) is 0 Å². The quantitative estimate of drug-likeness (QED) is 0.786. The number of aromatic amines is 1. The van der Waals surface area contributed by atoms with Crippen molar-refractivity contribution in [3.8, 4) is 11.6 Å². The van der Waals surface area contributed by atoms with Crippen molar-refractivity contribution in [1.82, 2.24) is 15.4 Å². The monoisotopic (exact) mass is 406 g/mol. The van der Waals surface area contributed by atoms with E-state index in [1.165, 1.54) is 18.2 Å². The van der Waals surface area contributed by atoms with Crippen LogP contribution in [0.4, 0.5) is 18.9 Å². The summed E-state index contributed by atoms with van der Waals surface area (Å²) in [5.41, 5.74) is -0.0286. The molecule has 27 heavy (non-hydrogen) atoms. The zero-order valence-electron chi connectivity index (χ0n) is 13.7. The van der Waals surface area contributed by atoms with E-state index in [0.29, 0.717) is 25.9 Å². The molecule has 0 radical (unpaired) electrons. The van der Waals surface area contributed by atoms with Crippen LogP contribution in [0.2, 0.25) is 5.02 Å². The van der Waals surface area contributed by atoms with Gasteiger partial charge >= 0.3 is 12.3 Å². The second kappa shape index (κ2) is 7.51. The number of carbonyl (C=O) groups is 1. The van der Waals surface area contributed by atoms with Crippen LogP contribution in [-0.4, -0.2) is 52.0 Å². The van der Waals surface area contributed by atoms with Crippen molar-refractivity contribution in [2.45, 2.75) is 25.3 Å². The van der Waals surface area contributed by atoms with Crippen LogP contribution in [-0.2, 0) is 0 Å². The van der Waals surface area contributed by atoms with Gasteiger partial charge in [0, 0.05) is 31.0 Å². The molecule has 0 aliphatic carbocycles. The Hall–Kier alpha value is -2.69. The summed E-state index contributed by atoms with van der Waals surface area (Å²) in [5, 5.41) is 18.5. The summed E-state index contributed by atoms with van der Waals surface area (Å²) >= 11 is 5.92. The summed E-state index contributed by atoms with van der Waals surface area (Å²) in [4.78, 5) is 12.7. The van der Waals surface area contributed by atoms with E-state index in [1.54, 1.807) is 4.90 Å². The van der Waals surface area contributed by atoms with Crippen LogP contribution in [0.15, 0.2) is 18.2 Å². The van der Waals surface area contributed by atoms with Gasteiger partial charge < -0.3 is 19.5 Å². The van der Waals surface area contributed by atoms with Crippen molar-refractivity contribution in [1.29, 1.82) is 0 Å². The zero-order chi connectivity index (χ0) is 19.6. The van der Waals surface area contributed by atoms with Gasteiger partial charge in [0.05, 0.1) is 5.69 Å². The highest BCUT2D eigenvalue weighted by Crippen LogP contribution is 2.36. The molecular weight excluding hydrogens is 393 g/mol. The first-order chi connectivity index (χ1) is 12.7. The van der Waals surface area contributed by atoms with Crippen molar-refractivity contribution < 1.29 is 32.5 Å². The Labute approximate surface area is 155 Å². The molecular formula is C15H14ClF3N4O4. The van der Waals surface area contributed by atoms with Gasteiger partial charge in [-0.2, -0.15) is 0 Å². The number of rotatable bonds is 5. The van der Waals surface area contributed by atoms with Crippen molar-refractivity contribution in [2.75, 3.05) is 18.0 Å². The van der Waals surface area contributed by atoms with Gasteiger partial charge in [-0.25, -0.2) is 9.89 Å². The van der Waals surface area contributed by atoms with E-state index < -0.39 is 12.3 Å². The van der Waals surface area contributed by atoms with Crippen LogP contribution in [0.5, 0.6) is 11.6 Å². The molecule has 8 nitrogen and oxygen atoms in total. The standard InChI is InChI=1S/C15H14ClF3N4O4/c16-8-1-2-11(27-15(17,18)19)10(7-8)23-5-3-9(4-6-23)26-13-12(14(24)25)20-22-21-13/h1-2,7,9H,3-6H2,(H,24,25)(H,20,21,22). The molecule has 0 saturated carbocycles. The third-order valence-electron chi connectivity index (χ3n) is 3.94. The number of H-pyrrole nitrogens is 1. The Kier molecular flexibility index (Phi) is 5.31. The first kappa shape index (κ1) is 19.1. The molecule has 1 aromatic carbocycles. The number of nitrogens with zero attached hydrogens (tertiary/aromatic N) is 3. The molecule has 0 bridgehead atoms. The topological polar surface area (TPSA) is 101 Å². The van der Waals surface area contributed by atoms with E-state index >= 15 is 0 Å². The zero-order valence-corrected chi connectivity index (χ0v) is 14.4. The van der Waals surface area contributed by atoms with Gasteiger partial charge in [0.15, 0.2) is 5.75 Å². The van der Waals surface area contributed by atoms with Gasteiger partial charge in [-0.3, -0.25) is 0 Å². The highest BCUT2D eigenvalue weighted by atomic mass is 35.5. The summed E-state index contributed by atoms with van der Waals surface area (Å²) < 4.78 is 47.5. The van der Waals surface area contributed by atoms with Crippen molar-refractivity contribution in [2.24, 2.45) is 0 Å². The van der Waals surface area contributed by atoms with Gasteiger partial charge in [0.25, 0.3) is 5.88 Å². The Morgan fingerprint density at radius 3 is 2.67 bits per heavy atom. The molecule has 1 saturated heterocycles. The lowest BCUT2D eigenvalue weighted by molar-refractivity contribution is -0.274. The second-order valence-corrected chi connectivity index (χ2v) is 6.20. The van der Waals surface area contributed by atoms with E-state index in [2.05, 4.69) is 20.1 Å². The van der Waals surface area contributed by atoms with Crippen LogP contribution in [0.25, 0.3) is 0 Å². The van der Waals surface area contributed by atoms with Crippen LogP contribution in [0.3, 0.4) is 0 Å². The number of aromatic nitrogens is 3. The summed E-state index contributed by atoms with van der Waals surface area (Å²) in [6.45, 7) is 0.721. The normalized spacial score (nSPS) is 15.6. The van der Waals surface area contributed by atoms with Crippen molar-refractivity contribution >= 4 is 23.3 Å². The smallest absolute Gasteiger partial charge is 0.476 e. The minimum Gasteiger partial charge on any atom is -0.476 e. The van der Waals surface area contributed by atoms with Crippen molar-refractivity contribution in [3.63, 3.8) is 0 Å². The summed E-state index contributed by atoms with van der Waals surface area (Å²) in [6.07, 6.45) is -4.30. The van der Waals surface area contributed by atoms with Crippen LogP contribution < -0.4 is 14.4 Å². The molecule has 1 fully saturated rings. The molecule has 0 unspecified atom stereocenters. The number of anilines is 1. The van der Waals surface area contributed by atoms with Gasteiger partial charge in [-0.15, -0.1) is 13.2 Å². The Bertz CT molecular complexity index is 822. The lowest BCUT2D eigenvalue weighted by Gasteiger charge is -2.34. The lowest BCUT2D eigenvalue weighted by Crippen LogP contribution is -2.39. The van der Waals surface area contributed by atoms with E-state index in [-0.39, 0.29) is 34.1 Å². The molecule has 0 atom stereocenters.